The van der Waals surface area contributed by atoms with Crippen molar-refractivity contribution >= 4 is 29.1 Å². The smallest absolute Gasteiger partial charge is 0.226 e. The fraction of sp³-hybridized carbons (Fsp3) is 0.467. The van der Waals surface area contributed by atoms with Crippen LogP contribution in [0.25, 0.3) is 5.69 Å². The molecule has 208 valence electrons. The van der Waals surface area contributed by atoms with E-state index in [0.29, 0.717) is 41.5 Å². The van der Waals surface area contributed by atoms with Gasteiger partial charge < -0.3 is 9.80 Å². The number of piperidine rings is 1. The predicted molar refractivity (Wildman–Crippen MR) is 151 cm³/mol. The fourth-order valence-electron chi connectivity index (χ4n) is 6.36. The van der Waals surface area contributed by atoms with Crippen LogP contribution in [0.4, 0.5) is 8.78 Å². The number of rotatable bonds is 5. The molecule has 1 aliphatic carbocycles. The van der Waals surface area contributed by atoms with Gasteiger partial charge in [0.2, 0.25) is 5.91 Å². The van der Waals surface area contributed by atoms with Crippen molar-refractivity contribution in [2.24, 2.45) is 5.92 Å². The van der Waals surface area contributed by atoms with Gasteiger partial charge in [-0.15, -0.1) is 0 Å². The lowest BCUT2D eigenvalue weighted by Crippen LogP contribution is -2.43. The zero-order chi connectivity index (χ0) is 28.1. The predicted octanol–water partition coefficient (Wildman–Crippen LogP) is 6.99. The number of aryl methyl sites for hydroxylation is 1. The third-order valence-corrected chi connectivity index (χ3v) is 9.32. The van der Waals surface area contributed by atoms with E-state index in [2.05, 4.69) is 17.9 Å². The summed E-state index contributed by atoms with van der Waals surface area (Å²) in [4.78, 5) is 18.0. The van der Waals surface area contributed by atoms with Crippen LogP contribution in [-0.4, -0.2) is 58.2 Å². The number of amides is 1. The molecule has 9 heteroatoms. The van der Waals surface area contributed by atoms with Crippen LogP contribution in [0.3, 0.4) is 0 Å². The van der Waals surface area contributed by atoms with Crippen LogP contribution >= 0.6 is 23.2 Å². The van der Waals surface area contributed by atoms with Crippen molar-refractivity contribution in [2.45, 2.75) is 56.9 Å². The summed E-state index contributed by atoms with van der Waals surface area (Å²) in [6.07, 6.45) is 2.83. The van der Waals surface area contributed by atoms with Crippen LogP contribution in [0, 0.1) is 24.5 Å². The number of likely N-dealkylation sites (tertiary alicyclic amines) is 1. The second-order valence-electron chi connectivity index (χ2n) is 11.5. The van der Waals surface area contributed by atoms with Crippen molar-refractivity contribution in [1.82, 2.24) is 19.6 Å². The molecule has 0 unspecified atom stereocenters. The SMILES string of the molecule is Cc1cc(C2CCN(C(=O)[C@@H]3C[C@](C)(N(C)C)C[C@@H]3c3ccc(F)cc3F)CC2)n(-c2ccc(Cl)cc2Cl)n1. The average Bonchev–Trinajstić information content (AvgIpc) is 3.44. The number of nitrogens with zero attached hydrogens (tertiary/aromatic N) is 4. The van der Waals surface area contributed by atoms with Gasteiger partial charge >= 0.3 is 0 Å². The van der Waals surface area contributed by atoms with Crippen molar-refractivity contribution in [3.8, 4) is 5.69 Å². The first-order valence-corrected chi connectivity index (χ1v) is 14.2. The molecule has 0 radical (unpaired) electrons. The summed E-state index contributed by atoms with van der Waals surface area (Å²) in [6.45, 7) is 5.29. The number of benzene rings is 2. The highest BCUT2D eigenvalue weighted by Gasteiger charge is 2.49. The highest BCUT2D eigenvalue weighted by molar-refractivity contribution is 6.35. The molecule has 0 N–H and O–H groups in total. The monoisotopic (exact) mass is 574 g/mol. The van der Waals surface area contributed by atoms with Crippen molar-refractivity contribution in [3.63, 3.8) is 0 Å². The Morgan fingerprint density at radius 1 is 1.05 bits per heavy atom. The molecule has 2 aliphatic rings. The van der Waals surface area contributed by atoms with Crippen molar-refractivity contribution in [2.75, 3.05) is 27.2 Å². The summed E-state index contributed by atoms with van der Waals surface area (Å²) in [5.74, 6) is -1.59. The molecule has 1 aliphatic heterocycles. The minimum atomic E-state index is -0.607. The highest BCUT2D eigenvalue weighted by atomic mass is 35.5. The van der Waals surface area contributed by atoms with Gasteiger partial charge in [-0.1, -0.05) is 29.3 Å². The molecular formula is C30H34Cl2F2N4O. The zero-order valence-corrected chi connectivity index (χ0v) is 24.2. The fourth-order valence-corrected chi connectivity index (χ4v) is 6.84. The number of carbonyl (C=O) groups excluding carboxylic acids is 1. The molecule has 1 saturated carbocycles. The Balaban J connectivity index is 1.35. The molecule has 0 bridgehead atoms. The number of carbonyl (C=O) groups is 1. The van der Waals surface area contributed by atoms with Gasteiger partial charge in [0.05, 0.1) is 16.4 Å². The third-order valence-electron chi connectivity index (χ3n) is 8.79. The van der Waals surface area contributed by atoms with Crippen molar-refractivity contribution < 1.29 is 13.6 Å². The van der Waals surface area contributed by atoms with E-state index in [-0.39, 0.29) is 29.2 Å². The van der Waals surface area contributed by atoms with Crippen LogP contribution in [0.1, 0.15) is 61.4 Å². The summed E-state index contributed by atoms with van der Waals surface area (Å²) in [5, 5.41) is 5.79. The van der Waals surface area contributed by atoms with Crippen LogP contribution < -0.4 is 0 Å². The van der Waals surface area contributed by atoms with Crippen LogP contribution in [-0.2, 0) is 4.79 Å². The second-order valence-corrected chi connectivity index (χ2v) is 12.3. The Hall–Kier alpha value is -2.48. The lowest BCUT2D eigenvalue weighted by Gasteiger charge is -2.35. The summed E-state index contributed by atoms with van der Waals surface area (Å²) < 4.78 is 30.5. The minimum Gasteiger partial charge on any atom is -0.342 e. The number of hydrogen-bond donors (Lipinski definition) is 0. The first-order valence-electron chi connectivity index (χ1n) is 13.4. The lowest BCUT2D eigenvalue weighted by molar-refractivity contribution is -0.137. The molecule has 5 rings (SSSR count). The maximum absolute atomic E-state index is 14.9. The van der Waals surface area contributed by atoms with Gasteiger partial charge in [-0.25, -0.2) is 13.5 Å². The number of hydrogen-bond acceptors (Lipinski definition) is 3. The molecule has 2 heterocycles. The van der Waals surface area contributed by atoms with E-state index in [4.69, 9.17) is 28.3 Å². The Kier molecular flexibility index (Phi) is 7.79. The molecule has 39 heavy (non-hydrogen) atoms. The van der Waals surface area contributed by atoms with Gasteiger partial charge in [0.1, 0.15) is 11.6 Å². The van der Waals surface area contributed by atoms with Gasteiger partial charge in [-0.2, -0.15) is 5.10 Å². The average molecular weight is 576 g/mol. The Morgan fingerprint density at radius 2 is 1.77 bits per heavy atom. The maximum Gasteiger partial charge on any atom is 0.226 e. The van der Waals surface area contributed by atoms with Gasteiger partial charge in [0.15, 0.2) is 0 Å². The Morgan fingerprint density at radius 3 is 2.41 bits per heavy atom. The summed E-state index contributed by atoms with van der Waals surface area (Å²) in [7, 11) is 3.99. The molecule has 2 fully saturated rings. The summed E-state index contributed by atoms with van der Waals surface area (Å²) in [6, 6.07) is 11.2. The largest absolute Gasteiger partial charge is 0.342 e. The van der Waals surface area contributed by atoms with E-state index in [0.717, 1.165) is 36.0 Å². The molecule has 0 spiro atoms. The molecule has 1 amide bonds. The number of aromatic nitrogens is 2. The van der Waals surface area contributed by atoms with Crippen LogP contribution in [0.2, 0.25) is 10.0 Å². The third kappa shape index (κ3) is 5.46. The van der Waals surface area contributed by atoms with E-state index >= 15 is 0 Å². The van der Waals surface area contributed by atoms with Gasteiger partial charge in [0, 0.05) is 53.2 Å². The van der Waals surface area contributed by atoms with E-state index in [1.807, 2.05) is 36.7 Å². The topological polar surface area (TPSA) is 41.4 Å². The van der Waals surface area contributed by atoms with Crippen molar-refractivity contribution in [1.29, 1.82) is 0 Å². The minimum absolute atomic E-state index is 0.0539. The molecular weight excluding hydrogens is 541 g/mol. The molecule has 2 aromatic carbocycles. The Labute approximate surface area is 238 Å². The van der Waals surface area contributed by atoms with Gasteiger partial charge in [-0.05, 0) is 89.5 Å². The van der Waals surface area contributed by atoms with Crippen LogP contribution in [0.15, 0.2) is 42.5 Å². The first kappa shape index (κ1) is 28.1. The molecule has 1 aromatic heterocycles. The standard InChI is InChI=1S/C30H34Cl2F2N4O/c1-18-13-28(38(35-18)27-8-5-20(31)14-25(27)32)19-9-11-37(12-10-19)29(39)24-17-30(2,36(3)4)16-23(24)22-7-6-21(33)15-26(22)34/h5-8,13-15,19,23-24H,9-12,16-17H2,1-4H3/t23-,24-,30-/m1/s1. The zero-order valence-electron chi connectivity index (χ0n) is 22.7. The quantitative estimate of drug-likeness (QED) is 0.330. The normalized spacial score (nSPS) is 24.1. The first-order chi connectivity index (χ1) is 18.5. The van der Waals surface area contributed by atoms with Gasteiger partial charge in [0.25, 0.3) is 0 Å². The van der Waals surface area contributed by atoms with Crippen LogP contribution in [0.5, 0.6) is 0 Å². The van der Waals surface area contributed by atoms with Crippen molar-refractivity contribution in [3.05, 3.63) is 81.1 Å². The van der Waals surface area contributed by atoms with E-state index < -0.39 is 11.6 Å². The molecule has 1 saturated heterocycles. The summed E-state index contributed by atoms with van der Waals surface area (Å²) in [5.41, 5.74) is 2.91. The van der Waals surface area contributed by atoms with E-state index in [1.165, 1.54) is 12.1 Å². The second kappa shape index (κ2) is 10.8. The van der Waals surface area contributed by atoms with Gasteiger partial charge in [-0.3, -0.25) is 4.79 Å². The summed E-state index contributed by atoms with van der Waals surface area (Å²) >= 11 is 12.6. The van der Waals surface area contributed by atoms with E-state index in [1.54, 1.807) is 12.1 Å². The highest BCUT2D eigenvalue weighted by Crippen LogP contribution is 2.49. The molecule has 5 nitrogen and oxygen atoms in total. The molecule has 3 atom stereocenters. The van der Waals surface area contributed by atoms with E-state index in [9.17, 15) is 13.6 Å². The Bertz CT molecular complexity index is 1390. The maximum atomic E-state index is 14.9. The number of halogens is 4. The molecule has 3 aromatic rings. The lowest BCUT2D eigenvalue weighted by atomic mass is 9.86.